The van der Waals surface area contributed by atoms with Crippen molar-refractivity contribution in [2.24, 2.45) is 0 Å². The number of ether oxygens (including phenoxy) is 1. The smallest absolute Gasteiger partial charge is 0.387 e. The van der Waals surface area contributed by atoms with Gasteiger partial charge in [0.15, 0.2) is 0 Å². The zero-order valence-corrected chi connectivity index (χ0v) is 13.4. The van der Waals surface area contributed by atoms with Crippen LogP contribution in [0.25, 0.3) is 0 Å². The number of anilines is 1. The Kier molecular flexibility index (Phi) is 5.35. The lowest BCUT2D eigenvalue weighted by molar-refractivity contribution is -0.0498. The van der Waals surface area contributed by atoms with Gasteiger partial charge in [-0.2, -0.15) is 8.78 Å². The highest BCUT2D eigenvalue weighted by Crippen LogP contribution is 2.21. The lowest BCUT2D eigenvalue weighted by Crippen LogP contribution is -2.13. The van der Waals surface area contributed by atoms with Crippen molar-refractivity contribution in [1.82, 2.24) is 0 Å². The first-order valence-corrected chi connectivity index (χ1v) is 7.22. The van der Waals surface area contributed by atoms with Gasteiger partial charge in [0.2, 0.25) is 0 Å². The highest BCUT2D eigenvalue weighted by Gasteiger charge is 2.11. The van der Waals surface area contributed by atoms with Gasteiger partial charge in [-0.3, -0.25) is 4.79 Å². The summed E-state index contributed by atoms with van der Waals surface area (Å²) in [4.78, 5) is 12.1. The van der Waals surface area contributed by atoms with Crippen LogP contribution < -0.4 is 10.1 Å². The molecule has 0 aliphatic rings. The van der Waals surface area contributed by atoms with Crippen LogP contribution in [-0.2, 0) is 0 Å². The van der Waals surface area contributed by atoms with E-state index in [2.05, 4.69) is 10.1 Å². The third-order valence-electron chi connectivity index (χ3n) is 2.51. The van der Waals surface area contributed by atoms with E-state index >= 15 is 0 Å². The molecule has 110 valence electrons. The Balaban J connectivity index is 2.08. The second-order valence-electron chi connectivity index (χ2n) is 3.98. The summed E-state index contributed by atoms with van der Waals surface area (Å²) in [5.41, 5.74) is 0.959. The molecule has 0 radical (unpaired) electrons. The largest absolute Gasteiger partial charge is 0.435 e. The van der Waals surface area contributed by atoms with Crippen LogP contribution in [0.5, 0.6) is 5.75 Å². The lowest BCUT2D eigenvalue weighted by Gasteiger charge is -2.08. The Morgan fingerprint density at radius 2 is 1.86 bits per heavy atom. The van der Waals surface area contributed by atoms with E-state index in [0.29, 0.717) is 16.3 Å². The summed E-state index contributed by atoms with van der Waals surface area (Å²) < 4.78 is 29.0. The van der Waals surface area contributed by atoms with Crippen LogP contribution >= 0.6 is 34.2 Å². The molecule has 0 aromatic heterocycles. The number of hydrogen-bond donors (Lipinski definition) is 1. The second kappa shape index (κ2) is 7.04. The van der Waals surface area contributed by atoms with E-state index in [9.17, 15) is 13.6 Å². The van der Waals surface area contributed by atoms with Crippen molar-refractivity contribution < 1.29 is 18.3 Å². The summed E-state index contributed by atoms with van der Waals surface area (Å²) in [6.45, 7) is -2.87. The Bertz CT molecular complexity index is 650. The number of alkyl halides is 2. The lowest BCUT2D eigenvalue weighted by atomic mass is 10.2. The van der Waals surface area contributed by atoms with Crippen molar-refractivity contribution in [3.8, 4) is 5.75 Å². The maximum absolute atomic E-state index is 12.1. The molecule has 2 rings (SSSR count). The van der Waals surface area contributed by atoms with Gasteiger partial charge in [0.25, 0.3) is 5.91 Å². The standard InChI is InChI=1S/C14H9ClF2INO2/c15-8-1-6-11(12(18)7-8)13(20)19-9-2-4-10(5-3-9)21-14(16)17/h1-7,14H,(H,19,20). The molecule has 0 fully saturated rings. The molecule has 2 aromatic carbocycles. The Labute approximate surface area is 138 Å². The predicted octanol–water partition coefficient (Wildman–Crippen LogP) is 4.80. The fraction of sp³-hybridized carbons (Fsp3) is 0.0714. The van der Waals surface area contributed by atoms with E-state index in [0.717, 1.165) is 3.57 Å². The fourth-order valence-electron chi connectivity index (χ4n) is 1.59. The average molecular weight is 424 g/mol. The Hall–Kier alpha value is -1.41. The minimum atomic E-state index is -2.87. The molecule has 2 aromatic rings. The van der Waals surface area contributed by atoms with Gasteiger partial charge < -0.3 is 10.1 Å². The van der Waals surface area contributed by atoms with Crippen molar-refractivity contribution in [3.63, 3.8) is 0 Å². The van der Waals surface area contributed by atoms with Gasteiger partial charge >= 0.3 is 6.61 Å². The number of benzene rings is 2. The number of amides is 1. The number of carbonyl (C=O) groups excluding carboxylic acids is 1. The van der Waals surface area contributed by atoms with Crippen LogP contribution in [0, 0.1) is 3.57 Å². The van der Waals surface area contributed by atoms with Gasteiger partial charge in [0.05, 0.1) is 5.56 Å². The van der Waals surface area contributed by atoms with Crippen LogP contribution in [0.15, 0.2) is 42.5 Å². The maximum atomic E-state index is 12.1. The van der Waals surface area contributed by atoms with Gasteiger partial charge in [-0.1, -0.05) is 11.6 Å². The molecule has 1 amide bonds. The molecule has 0 aliphatic heterocycles. The molecule has 0 spiro atoms. The number of rotatable bonds is 4. The fourth-order valence-corrected chi connectivity index (χ4v) is 2.71. The first kappa shape index (κ1) is 16.0. The topological polar surface area (TPSA) is 38.3 Å². The summed E-state index contributed by atoms with van der Waals surface area (Å²) in [6.07, 6.45) is 0. The van der Waals surface area contributed by atoms with E-state index in [1.807, 2.05) is 22.6 Å². The highest BCUT2D eigenvalue weighted by atomic mass is 127. The van der Waals surface area contributed by atoms with Crippen molar-refractivity contribution in [2.45, 2.75) is 6.61 Å². The predicted molar refractivity (Wildman–Crippen MR) is 85.2 cm³/mol. The molecule has 3 nitrogen and oxygen atoms in total. The molecular weight excluding hydrogens is 415 g/mol. The Morgan fingerprint density at radius 3 is 2.43 bits per heavy atom. The van der Waals surface area contributed by atoms with E-state index in [4.69, 9.17) is 11.6 Å². The van der Waals surface area contributed by atoms with Crippen molar-refractivity contribution in [2.75, 3.05) is 5.32 Å². The zero-order chi connectivity index (χ0) is 15.4. The monoisotopic (exact) mass is 423 g/mol. The summed E-state index contributed by atoms with van der Waals surface area (Å²) in [6, 6.07) is 10.6. The van der Waals surface area contributed by atoms with Crippen molar-refractivity contribution in [1.29, 1.82) is 0 Å². The molecular formula is C14H9ClF2INO2. The number of halogens is 4. The molecule has 0 saturated heterocycles. The SMILES string of the molecule is O=C(Nc1ccc(OC(F)F)cc1)c1ccc(Cl)cc1I. The first-order valence-electron chi connectivity index (χ1n) is 5.77. The van der Waals surface area contributed by atoms with Gasteiger partial charge in [-0.15, -0.1) is 0 Å². The van der Waals surface area contributed by atoms with Gasteiger partial charge in [-0.05, 0) is 65.1 Å². The molecule has 0 aliphatic carbocycles. The summed E-state index contributed by atoms with van der Waals surface area (Å²) in [7, 11) is 0. The molecule has 0 heterocycles. The average Bonchev–Trinajstić information content (AvgIpc) is 2.40. The molecule has 7 heteroatoms. The van der Waals surface area contributed by atoms with Crippen LogP contribution in [0.2, 0.25) is 5.02 Å². The molecule has 0 atom stereocenters. The molecule has 0 saturated carbocycles. The Morgan fingerprint density at radius 1 is 1.19 bits per heavy atom. The summed E-state index contributed by atoms with van der Waals surface area (Å²) in [5.74, 6) is -0.275. The van der Waals surface area contributed by atoms with E-state index in [1.165, 1.54) is 24.3 Å². The van der Waals surface area contributed by atoms with Gasteiger partial charge in [0.1, 0.15) is 5.75 Å². The second-order valence-corrected chi connectivity index (χ2v) is 5.58. The van der Waals surface area contributed by atoms with Crippen molar-refractivity contribution in [3.05, 3.63) is 56.6 Å². The van der Waals surface area contributed by atoms with Gasteiger partial charge in [0, 0.05) is 14.3 Å². The van der Waals surface area contributed by atoms with Crippen LogP contribution in [0.3, 0.4) is 0 Å². The minimum absolute atomic E-state index is 0.0315. The van der Waals surface area contributed by atoms with Crippen LogP contribution in [-0.4, -0.2) is 12.5 Å². The minimum Gasteiger partial charge on any atom is -0.435 e. The zero-order valence-electron chi connectivity index (χ0n) is 10.4. The normalized spacial score (nSPS) is 10.5. The molecule has 0 unspecified atom stereocenters. The molecule has 21 heavy (non-hydrogen) atoms. The third-order valence-corrected chi connectivity index (χ3v) is 3.64. The molecule has 0 bridgehead atoms. The van der Waals surface area contributed by atoms with Gasteiger partial charge in [-0.25, -0.2) is 0 Å². The molecule has 1 N–H and O–H groups in total. The van der Waals surface area contributed by atoms with Crippen molar-refractivity contribution >= 4 is 45.8 Å². The quantitative estimate of drug-likeness (QED) is 0.718. The summed E-state index contributed by atoms with van der Waals surface area (Å²) >= 11 is 7.84. The number of carbonyl (C=O) groups is 1. The maximum Gasteiger partial charge on any atom is 0.387 e. The van der Waals surface area contributed by atoms with Crippen LogP contribution in [0.4, 0.5) is 14.5 Å². The number of nitrogens with one attached hydrogen (secondary N) is 1. The highest BCUT2D eigenvalue weighted by molar-refractivity contribution is 14.1. The van der Waals surface area contributed by atoms with E-state index in [-0.39, 0.29) is 11.7 Å². The third kappa shape index (κ3) is 4.53. The number of hydrogen-bond acceptors (Lipinski definition) is 2. The first-order chi connectivity index (χ1) is 9.95. The summed E-state index contributed by atoms with van der Waals surface area (Å²) in [5, 5.41) is 3.21. The van der Waals surface area contributed by atoms with Crippen LogP contribution in [0.1, 0.15) is 10.4 Å². The van der Waals surface area contributed by atoms with E-state index < -0.39 is 6.61 Å². The van der Waals surface area contributed by atoms with E-state index in [1.54, 1.807) is 18.2 Å².